The van der Waals surface area contributed by atoms with Crippen LogP contribution in [0.25, 0.3) is 0 Å². The van der Waals surface area contributed by atoms with Gasteiger partial charge in [-0.25, -0.2) is 0 Å². The monoisotopic (exact) mass is 205 g/mol. The zero-order valence-electron chi connectivity index (χ0n) is 8.57. The third-order valence-corrected chi connectivity index (χ3v) is 2.56. The van der Waals surface area contributed by atoms with Gasteiger partial charge in [0.25, 0.3) is 0 Å². The number of amides is 1. The highest BCUT2D eigenvalue weighted by atomic mass is 16.2. The van der Waals surface area contributed by atoms with E-state index in [1.54, 1.807) is 12.4 Å². The number of hydrogen-bond acceptors (Lipinski definition) is 3. The second-order valence-electron chi connectivity index (χ2n) is 3.73. The van der Waals surface area contributed by atoms with Gasteiger partial charge in [-0.1, -0.05) is 6.42 Å². The molecule has 2 heterocycles. The van der Waals surface area contributed by atoms with Crippen molar-refractivity contribution in [1.29, 1.82) is 0 Å². The number of carbonyl (C=O) groups excluding carboxylic acids is 1. The number of nitrogens with zero attached hydrogens (tertiary/aromatic N) is 1. The van der Waals surface area contributed by atoms with Gasteiger partial charge in [-0.3, -0.25) is 9.78 Å². The summed E-state index contributed by atoms with van der Waals surface area (Å²) in [5.41, 5.74) is 0.759. The van der Waals surface area contributed by atoms with Crippen molar-refractivity contribution >= 4 is 11.6 Å². The Hall–Kier alpha value is -1.42. The van der Waals surface area contributed by atoms with Gasteiger partial charge in [-0.05, 0) is 31.5 Å². The third-order valence-electron chi connectivity index (χ3n) is 2.56. The lowest BCUT2D eigenvalue weighted by Crippen LogP contribution is -2.43. The average Bonchev–Trinajstić information content (AvgIpc) is 2.31. The molecule has 1 atom stereocenters. The summed E-state index contributed by atoms with van der Waals surface area (Å²) in [7, 11) is 0. The summed E-state index contributed by atoms with van der Waals surface area (Å²) in [5.74, 6) is 0.0442. The number of aromatic nitrogens is 1. The molecular formula is C11H15N3O. The van der Waals surface area contributed by atoms with Crippen molar-refractivity contribution in [3.05, 3.63) is 24.5 Å². The molecule has 0 radical (unpaired) electrons. The van der Waals surface area contributed by atoms with Crippen LogP contribution in [0.1, 0.15) is 19.3 Å². The molecule has 1 aromatic rings. The highest BCUT2D eigenvalue weighted by Crippen LogP contribution is 2.10. The van der Waals surface area contributed by atoms with Gasteiger partial charge in [0, 0.05) is 6.20 Å². The van der Waals surface area contributed by atoms with Crippen LogP contribution in [0.2, 0.25) is 0 Å². The summed E-state index contributed by atoms with van der Waals surface area (Å²) >= 11 is 0. The lowest BCUT2D eigenvalue weighted by Gasteiger charge is -2.22. The molecular weight excluding hydrogens is 190 g/mol. The average molecular weight is 205 g/mol. The van der Waals surface area contributed by atoms with Crippen molar-refractivity contribution < 1.29 is 4.79 Å². The van der Waals surface area contributed by atoms with Gasteiger partial charge < -0.3 is 10.6 Å². The number of nitrogens with one attached hydrogen (secondary N) is 2. The molecule has 1 aliphatic heterocycles. The Morgan fingerprint density at radius 3 is 3.13 bits per heavy atom. The van der Waals surface area contributed by atoms with Crippen LogP contribution in [0.3, 0.4) is 0 Å². The van der Waals surface area contributed by atoms with Crippen LogP contribution in [0.15, 0.2) is 24.5 Å². The van der Waals surface area contributed by atoms with E-state index in [1.165, 1.54) is 0 Å². The standard InChI is InChI=1S/C11H15N3O/c15-11(10-5-1-2-7-13-10)14-9-4-3-6-12-8-9/h3-4,6,8,10,13H,1-2,5,7H2,(H,14,15)/t10-/m1/s1. The Morgan fingerprint density at radius 1 is 1.53 bits per heavy atom. The van der Waals surface area contributed by atoms with Crippen molar-refractivity contribution in [1.82, 2.24) is 10.3 Å². The van der Waals surface area contributed by atoms with Crippen LogP contribution in [0.5, 0.6) is 0 Å². The number of carbonyl (C=O) groups is 1. The molecule has 2 rings (SSSR count). The maximum Gasteiger partial charge on any atom is 0.241 e. The van der Waals surface area contributed by atoms with Crippen molar-refractivity contribution in [3.8, 4) is 0 Å². The molecule has 0 aliphatic carbocycles. The van der Waals surface area contributed by atoms with Gasteiger partial charge >= 0.3 is 0 Å². The molecule has 15 heavy (non-hydrogen) atoms. The zero-order chi connectivity index (χ0) is 10.5. The number of hydrogen-bond donors (Lipinski definition) is 2. The van der Waals surface area contributed by atoms with Crippen LogP contribution in [0.4, 0.5) is 5.69 Å². The second kappa shape index (κ2) is 4.89. The Balaban J connectivity index is 1.91. The summed E-state index contributed by atoms with van der Waals surface area (Å²) in [6, 6.07) is 3.61. The fourth-order valence-corrected chi connectivity index (χ4v) is 1.74. The molecule has 1 amide bonds. The zero-order valence-corrected chi connectivity index (χ0v) is 8.57. The Bertz CT molecular complexity index is 320. The predicted molar refractivity (Wildman–Crippen MR) is 58.5 cm³/mol. The summed E-state index contributed by atoms with van der Waals surface area (Å²) in [6.07, 6.45) is 6.55. The molecule has 4 nitrogen and oxygen atoms in total. The largest absolute Gasteiger partial charge is 0.323 e. The number of rotatable bonds is 2. The molecule has 0 aromatic carbocycles. The van der Waals surface area contributed by atoms with E-state index in [9.17, 15) is 4.79 Å². The lowest BCUT2D eigenvalue weighted by atomic mass is 10.0. The van der Waals surface area contributed by atoms with Gasteiger partial charge in [-0.2, -0.15) is 0 Å². The van der Waals surface area contributed by atoms with E-state index in [2.05, 4.69) is 15.6 Å². The molecule has 4 heteroatoms. The molecule has 1 aromatic heterocycles. The molecule has 2 N–H and O–H groups in total. The molecule has 1 fully saturated rings. The lowest BCUT2D eigenvalue weighted by molar-refractivity contribution is -0.118. The maximum absolute atomic E-state index is 11.8. The number of anilines is 1. The van der Waals surface area contributed by atoms with Crippen LogP contribution in [-0.2, 0) is 4.79 Å². The quantitative estimate of drug-likeness (QED) is 0.761. The normalized spacial score (nSPS) is 20.9. The maximum atomic E-state index is 11.8. The minimum absolute atomic E-state index is 0.0426. The fraction of sp³-hybridized carbons (Fsp3) is 0.455. The third kappa shape index (κ3) is 2.76. The first-order valence-electron chi connectivity index (χ1n) is 5.30. The molecule has 0 saturated carbocycles. The van der Waals surface area contributed by atoms with E-state index in [1.807, 2.05) is 12.1 Å². The Kier molecular flexibility index (Phi) is 3.29. The first-order chi connectivity index (χ1) is 7.36. The molecule has 0 unspecified atom stereocenters. The van der Waals surface area contributed by atoms with Gasteiger partial charge in [0.1, 0.15) is 0 Å². The van der Waals surface area contributed by atoms with Gasteiger partial charge in [0.15, 0.2) is 0 Å². The second-order valence-corrected chi connectivity index (χ2v) is 3.73. The van der Waals surface area contributed by atoms with Crippen LogP contribution < -0.4 is 10.6 Å². The Morgan fingerprint density at radius 2 is 2.47 bits per heavy atom. The molecule has 1 saturated heterocycles. The highest BCUT2D eigenvalue weighted by Gasteiger charge is 2.20. The van der Waals surface area contributed by atoms with Crippen LogP contribution >= 0.6 is 0 Å². The van der Waals surface area contributed by atoms with Crippen LogP contribution in [-0.4, -0.2) is 23.5 Å². The Labute approximate surface area is 89.1 Å². The van der Waals surface area contributed by atoms with Crippen molar-refractivity contribution in [3.63, 3.8) is 0 Å². The summed E-state index contributed by atoms with van der Waals surface area (Å²) in [5, 5.41) is 6.05. The first-order valence-corrected chi connectivity index (χ1v) is 5.30. The molecule has 80 valence electrons. The van der Waals surface area contributed by atoms with Crippen molar-refractivity contribution in [2.45, 2.75) is 25.3 Å². The number of pyridine rings is 1. The number of piperidine rings is 1. The summed E-state index contributed by atoms with van der Waals surface area (Å²) in [4.78, 5) is 15.7. The topological polar surface area (TPSA) is 54.0 Å². The summed E-state index contributed by atoms with van der Waals surface area (Å²) < 4.78 is 0. The van der Waals surface area contributed by atoms with E-state index >= 15 is 0 Å². The van der Waals surface area contributed by atoms with Crippen LogP contribution in [0, 0.1) is 0 Å². The summed E-state index contributed by atoms with van der Waals surface area (Å²) in [6.45, 7) is 0.936. The predicted octanol–water partition coefficient (Wildman–Crippen LogP) is 1.16. The van der Waals surface area contributed by atoms with E-state index in [0.29, 0.717) is 0 Å². The van der Waals surface area contributed by atoms with E-state index in [-0.39, 0.29) is 11.9 Å². The van der Waals surface area contributed by atoms with Gasteiger partial charge in [0.2, 0.25) is 5.91 Å². The van der Waals surface area contributed by atoms with E-state index < -0.39 is 0 Å². The fourth-order valence-electron chi connectivity index (χ4n) is 1.74. The SMILES string of the molecule is O=C(Nc1cccnc1)[C@H]1CCCCN1. The van der Waals surface area contributed by atoms with Gasteiger partial charge in [0.05, 0.1) is 17.9 Å². The van der Waals surface area contributed by atoms with Crippen molar-refractivity contribution in [2.24, 2.45) is 0 Å². The highest BCUT2D eigenvalue weighted by molar-refractivity contribution is 5.94. The van der Waals surface area contributed by atoms with Gasteiger partial charge in [-0.15, -0.1) is 0 Å². The smallest absolute Gasteiger partial charge is 0.241 e. The van der Waals surface area contributed by atoms with E-state index in [4.69, 9.17) is 0 Å². The minimum Gasteiger partial charge on any atom is -0.323 e. The van der Waals surface area contributed by atoms with Crippen molar-refractivity contribution in [2.75, 3.05) is 11.9 Å². The molecule has 0 bridgehead atoms. The molecule has 1 aliphatic rings. The van der Waals surface area contributed by atoms with E-state index in [0.717, 1.165) is 31.5 Å². The minimum atomic E-state index is -0.0426. The first kappa shape index (κ1) is 10.1. The molecule has 0 spiro atoms.